The predicted molar refractivity (Wildman–Crippen MR) is 82.6 cm³/mol. The minimum Gasteiger partial charge on any atom is -0.298 e. The maximum absolute atomic E-state index is 11.8. The number of aldehydes is 1. The lowest BCUT2D eigenvalue weighted by atomic mass is 10.0. The molecule has 3 heterocycles. The molecular weight excluding hydrogens is 308 g/mol. The molecule has 1 unspecified atom stereocenters. The van der Waals surface area contributed by atoms with Crippen LogP contribution in [0.3, 0.4) is 0 Å². The standard InChI is InChI=1S/C14H16N2O3S2/c1-10-3-5-20-13(10)12-11(8-17)7-16(15-12)14(2)4-6-21(18,19)9-14/h3,5,7-8H,4,6,9H2,1-2H3. The Bertz CT molecular complexity index is 804. The number of hydrogen-bond acceptors (Lipinski definition) is 5. The molecule has 1 aliphatic heterocycles. The highest BCUT2D eigenvalue weighted by Crippen LogP contribution is 2.34. The second-order valence-corrected chi connectivity index (χ2v) is 8.87. The van der Waals surface area contributed by atoms with Crippen molar-refractivity contribution in [1.82, 2.24) is 9.78 Å². The average Bonchev–Trinajstić information content (AvgIpc) is 3.07. The van der Waals surface area contributed by atoms with E-state index in [2.05, 4.69) is 5.10 Å². The number of hydrogen-bond donors (Lipinski definition) is 0. The summed E-state index contributed by atoms with van der Waals surface area (Å²) < 4.78 is 25.2. The molecule has 0 bridgehead atoms. The van der Waals surface area contributed by atoms with Gasteiger partial charge in [-0.25, -0.2) is 8.42 Å². The third kappa shape index (κ3) is 2.44. The lowest BCUT2D eigenvalue weighted by Gasteiger charge is -2.22. The molecule has 5 nitrogen and oxygen atoms in total. The fourth-order valence-corrected chi connectivity index (χ4v) is 5.77. The van der Waals surface area contributed by atoms with E-state index in [9.17, 15) is 13.2 Å². The quantitative estimate of drug-likeness (QED) is 0.812. The molecule has 1 atom stereocenters. The predicted octanol–water partition coefficient (Wildman–Crippen LogP) is 2.27. The molecule has 0 N–H and O–H groups in total. The van der Waals surface area contributed by atoms with Gasteiger partial charge >= 0.3 is 0 Å². The smallest absolute Gasteiger partial charge is 0.153 e. The Kier molecular flexibility index (Phi) is 3.29. The Labute approximate surface area is 127 Å². The van der Waals surface area contributed by atoms with E-state index in [0.717, 1.165) is 16.7 Å². The number of carbonyl (C=O) groups is 1. The van der Waals surface area contributed by atoms with Gasteiger partial charge in [-0.15, -0.1) is 11.3 Å². The van der Waals surface area contributed by atoms with Crippen molar-refractivity contribution in [2.45, 2.75) is 25.8 Å². The molecule has 1 fully saturated rings. The number of nitrogens with zero attached hydrogens (tertiary/aromatic N) is 2. The first-order chi connectivity index (χ1) is 9.85. The topological polar surface area (TPSA) is 69.0 Å². The second kappa shape index (κ2) is 4.78. The maximum Gasteiger partial charge on any atom is 0.153 e. The van der Waals surface area contributed by atoms with Crippen LogP contribution in [0.5, 0.6) is 0 Å². The van der Waals surface area contributed by atoms with Gasteiger partial charge in [-0.3, -0.25) is 9.48 Å². The van der Waals surface area contributed by atoms with E-state index in [1.807, 2.05) is 25.3 Å². The van der Waals surface area contributed by atoms with Crippen LogP contribution in [0.15, 0.2) is 17.6 Å². The molecule has 7 heteroatoms. The Morgan fingerprint density at radius 2 is 2.24 bits per heavy atom. The summed E-state index contributed by atoms with van der Waals surface area (Å²) in [5, 5.41) is 6.49. The average molecular weight is 324 g/mol. The molecule has 0 radical (unpaired) electrons. The first-order valence-electron chi connectivity index (χ1n) is 6.65. The van der Waals surface area contributed by atoms with Gasteiger partial charge in [-0.1, -0.05) is 0 Å². The van der Waals surface area contributed by atoms with E-state index in [-0.39, 0.29) is 11.5 Å². The lowest BCUT2D eigenvalue weighted by Crippen LogP contribution is -2.31. The van der Waals surface area contributed by atoms with E-state index in [4.69, 9.17) is 0 Å². The molecule has 2 aromatic heterocycles. The van der Waals surface area contributed by atoms with Crippen molar-refractivity contribution in [3.05, 3.63) is 28.8 Å². The van der Waals surface area contributed by atoms with Crippen molar-refractivity contribution in [1.29, 1.82) is 0 Å². The summed E-state index contributed by atoms with van der Waals surface area (Å²) in [6.45, 7) is 3.85. The summed E-state index contributed by atoms with van der Waals surface area (Å²) in [7, 11) is -3.02. The molecule has 0 amide bonds. The van der Waals surface area contributed by atoms with Crippen molar-refractivity contribution in [2.24, 2.45) is 0 Å². The zero-order valence-electron chi connectivity index (χ0n) is 11.9. The van der Waals surface area contributed by atoms with Gasteiger partial charge in [-0.2, -0.15) is 5.10 Å². The first-order valence-corrected chi connectivity index (χ1v) is 9.35. The number of aromatic nitrogens is 2. The minimum atomic E-state index is -3.02. The largest absolute Gasteiger partial charge is 0.298 e. The Hall–Kier alpha value is -1.47. The summed E-state index contributed by atoms with van der Waals surface area (Å²) in [4.78, 5) is 12.3. The number of aryl methyl sites for hydroxylation is 1. The van der Waals surface area contributed by atoms with E-state index in [0.29, 0.717) is 17.7 Å². The number of thiophene rings is 1. The minimum absolute atomic E-state index is 0.0723. The molecule has 0 spiro atoms. The van der Waals surface area contributed by atoms with Gasteiger partial charge in [0.05, 0.1) is 27.5 Å². The monoisotopic (exact) mass is 324 g/mol. The Balaban J connectivity index is 2.09. The molecule has 2 aromatic rings. The first kappa shape index (κ1) is 14.5. The summed E-state index contributed by atoms with van der Waals surface area (Å²) in [6.07, 6.45) is 2.98. The van der Waals surface area contributed by atoms with Crippen molar-refractivity contribution >= 4 is 27.5 Å². The molecule has 1 aliphatic rings. The van der Waals surface area contributed by atoms with Crippen LogP contribution in [0.1, 0.15) is 29.3 Å². The zero-order chi connectivity index (χ0) is 15.3. The van der Waals surface area contributed by atoms with Gasteiger partial charge in [-0.05, 0) is 37.3 Å². The van der Waals surface area contributed by atoms with Crippen LogP contribution in [0.25, 0.3) is 10.6 Å². The van der Waals surface area contributed by atoms with Crippen molar-refractivity contribution < 1.29 is 13.2 Å². The summed E-state index contributed by atoms with van der Waals surface area (Å²) in [5.74, 6) is 0.246. The molecule has 21 heavy (non-hydrogen) atoms. The van der Waals surface area contributed by atoms with Gasteiger partial charge in [0.25, 0.3) is 0 Å². The van der Waals surface area contributed by atoms with Crippen LogP contribution in [0.2, 0.25) is 0 Å². The summed E-state index contributed by atoms with van der Waals surface area (Å²) >= 11 is 1.53. The van der Waals surface area contributed by atoms with Gasteiger partial charge in [0.15, 0.2) is 16.1 Å². The van der Waals surface area contributed by atoms with E-state index >= 15 is 0 Å². The highest BCUT2D eigenvalue weighted by molar-refractivity contribution is 7.91. The van der Waals surface area contributed by atoms with Crippen LogP contribution in [0, 0.1) is 6.92 Å². The summed E-state index contributed by atoms with van der Waals surface area (Å²) in [5.41, 5.74) is 1.65. The van der Waals surface area contributed by atoms with E-state index < -0.39 is 15.4 Å². The number of rotatable bonds is 3. The molecular formula is C14H16N2O3S2. The SMILES string of the molecule is Cc1ccsc1-c1nn(C2(C)CCS(=O)(=O)C2)cc1C=O. The third-order valence-electron chi connectivity index (χ3n) is 3.98. The van der Waals surface area contributed by atoms with Crippen LogP contribution >= 0.6 is 11.3 Å². The van der Waals surface area contributed by atoms with Crippen molar-refractivity contribution in [3.8, 4) is 10.6 Å². The fraction of sp³-hybridized carbons (Fsp3) is 0.429. The highest BCUT2D eigenvalue weighted by atomic mass is 32.2. The molecule has 0 aliphatic carbocycles. The zero-order valence-corrected chi connectivity index (χ0v) is 13.5. The highest BCUT2D eigenvalue weighted by Gasteiger charge is 2.41. The lowest BCUT2D eigenvalue weighted by molar-refractivity contribution is 0.112. The Morgan fingerprint density at radius 1 is 1.48 bits per heavy atom. The molecule has 112 valence electrons. The van der Waals surface area contributed by atoms with Crippen LogP contribution < -0.4 is 0 Å². The van der Waals surface area contributed by atoms with Crippen LogP contribution in [-0.4, -0.2) is 36.0 Å². The molecule has 3 rings (SSSR count). The Morgan fingerprint density at radius 3 is 2.76 bits per heavy atom. The molecule has 0 aromatic carbocycles. The van der Waals surface area contributed by atoms with Gasteiger partial charge in [0.2, 0.25) is 0 Å². The van der Waals surface area contributed by atoms with Crippen molar-refractivity contribution in [2.75, 3.05) is 11.5 Å². The van der Waals surface area contributed by atoms with Gasteiger partial charge < -0.3 is 0 Å². The third-order valence-corrected chi connectivity index (χ3v) is 6.89. The second-order valence-electron chi connectivity index (χ2n) is 5.77. The van der Waals surface area contributed by atoms with Crippen LogP contribution in [0.4, 0.5) is 0 Å². The number of sulfone groups is 1. The van der Waals surface area contributed by atoms with E-state index in [1.165, 1.54) is 11.3 Å². The number of carbonyl (C=O) groups excluding carboxylic acids is 1. The van der Waals surface area contributed by atoms with Gasteiger partial charge in [0, 0.05) is 6.20 Å². The fourth-order valence-electron chi connectivity index (χ4n) is 2.72. The normalized spacial score (nSPS) is 24.3. The molecule has 1 saturated heterocycles. The van der Waals surface area contributed by atoms with Gasteiger partial charge in [0.1, 0.15) is 5.69 Å². The van der Waals surface area contributed by atoms with Crippen LogP contribution in [-0.2, 0) is 15.4 Å². The maximum atomic E-state index is 11.8. The molecule has 0 saturated carbocycles. The van der Waals surface area contributed by atoms with E-state index in [1.54, 1.807) is 10.9 Å². The summed E-state index contributed by atoms with van der Waals surface area (Å²) in [6, 6.07) is 1.98. The van der Waals surface area contributed by atoms with Crippen molar-refractivity contribution in [3.63, 3.8) is 0 Å².